The summed E-state index contributed by atoms with van der Waals surface area (Å²) < 4.78 is 0. The summed E-state index contributed by atoms with van der Waals surface area (Å²) in [4.78, 5) is 0. The molecule has 3 rings (SSSR count). The fourth-order valence-electron chi connectivity index (χ4n) is 2.46. The van der Waals surface area contributed by atoms with Crippen molar-refractivity contribution in [2.45, 2.75) is 30.7 Å². The van der Waals surface area contributed by atoms with E-state index in [0.29, 0.717) is 5.92 Å². The highest BCUT2D eigenvalue weighted by Gasteiger charge is 2.40. The third kappa shape index (κ3) is 1.68. The van der Waals surface area contributed by atoms with Crippen molar-refractivity contribution in [3.05, 3.63) is 35.4 Å². The van der Waals surface area contributed by atoms with Gasteiger partial charge in [-0.15, -0.1) is 0 Å². The number of nitrogens with one attached hydrogen (secondary N) is 1. The SMILES string of the molecule is NC1(c2cccc(C3CCNC3)c2)CC1. The molecule has 0 radical (unpaired) electrons. The number of hydrogen-bond donors (Lipinski definition) is 2. The molecule has 1 unspecified atom stereocenters. The third-order valence-corrected chi connectivity index (χ3v) is 3.78. The maximum absolute atomic E-state index is 6.22. The van der Waals surface area contributed by atoms with Crippen LogP contribution in [-0.4, -0.2) is 13.1 Å². The van der Waals surface area contributed by atoms with Gasteiger partial charge in [-0.3, -0.25) is 0 Å². The number of hydrogen-bond acceptors (Lipinski definition) is 2. The maximum Gasteiger partial charge on any atom is 0.0411 e. The average molecular weight is 202 g/mol. The minimum atomic E-state index is 0.0159. The van der Waals surface area contributed by atoms with Gasteiger partial charge in [-0.2, -0.15) is 0 Å². The van der Waals surface area contributed by atoms with E-state index in [9.17, 15) is 0 Å². The van der Waals surface area contributed by atoms with Crippen molar-refractivity contribution in [3.8, 4) is 0 Å². The van der Waals surface area contributed by atoms with Crippen molar-refractivity contribution in [2.24, 2.45) is 5.73 Å². The third-order valence-electron chi connectivity index (χ3n) is 3.78. The van der Waals surface area contributed by atoms with Gasteiger partial charge in [0.25, 0.3) is 0 Å². The second-order valence-electron chi connectivity index (χ2n) is 4.97. The summed E-state index contributed by atoms with van der Waals surface area (Å²) in [7, 11) is 0. The standard InChI is InChI=1S/C13H18N2/c14-13(5-6-13)12-3-1-2-10(8-12)11-4-7-15-9-11/h1-3,8,11,15H,4-7,9,14H2. The van der Waals surface area contributed by atoms with Crippen molar-refractivity contribution in [1.29, 1.82) is 0 Å². The lowest BCUT2D eigenvalue weighted by Crippen LogP contribution is -2.19. The molecule has 1 heterocycles. The molecular weight excluding hydrogens is 184 g/mol. The average Bonchev–Trinajstić information content (AvgIpc) is 2.84. The van der Waals surface area contributed by atoms with Crippen molar-refractivity contribution in [1.82, 2.24) is 5.32 Å². The quantitative estimate of drug-likeness (QED) is 0.766. The molecule has 1 atom stereocenters. The molecule has 2 aliphatic rings. The van der Waals surface area contributed by atoms with E-state index in [0.717, 1.165) is 25.9 Å². The number of nitrogens with two attached hydrogens (primary N) is 1. The topological polar surface area (TPSA) is 38.0 Å². The first kappa shape index (κ1) is 9.37. The Bertz CT molecular complexity index is 363. The van der Waals surface area contributed by atoms with Gasteiger partial charge in [0.05, 0.1) is 0 Å². The van der Waals surface area contributed by atoms with Crippen LogP contribution in [0.5, 0.6) is 0 Å². The van der Waals surface area contributed by atoms with Crippen molar-refractivity contribution >= 4 is 0 Å². The number of benzene rings is 1. The Morgan fingerprint density at radius 1 is 1.33 bits per heavy atom. The van der Waals surface area contributed by atoms with Crippen LogP contribution < -0.4 is 11.1 Å². The summed E-state index contributed by atoms with van der Waals surface area (Å²) in [6, 6.07) is 8.91. The van der Waals surface area contributed by atoms with Gasteiger partial charge in [0.1, 0.15) is 0 Å². The van der Waals surface area contributed by atoms with Gasteiger partial charge in [-0.1, -0.05) is 24.3 Å². The van der Waals surface area contributed by atoms with Crippen LogP contribution in [0.25, 0.3) is 0 Å². The monoisotopic (exact) mass is 202 g/mol. The van der Waals surface area contributed by atoms with Gasteiger partial charge in [0.2, 0.25) is 0 Å². The number of rotatable bonds is 2. The Morgan fingerprint density at radius 2 is 2.20 bits per heavy atom. The predicted octanol–water partition coefficient (Wildman–Crippen LogP) is 1.71. The summed E-state index contributed by atoms with van der Waals surface area (Å²) >= 11 is 0. The van der Waals surface area contributed by atoms with Crippen molar-refractivity contribution in [2.75, 3.05) is 13.1 Å². The molecule has 0 aromatic heterocycles. The van der Waals surface area contributed by atoms with Gasteiger partial charge < -0.3 is 11.1 Å². The Kier molecular flexibility index (Phi) is 2.08. The lowest BCUT2D eigenvalue weighted by Gasteiger charge is -2.14. The molecule has 2 heteroatoms. The maximum atomic E-state index is 6.22. The molecule has 3 N–H and O–H groups in total. The second-order valence-corrected chi connectivity index (χ2v) is 4.97. The molecule has 1 aromatic rings. The van der Waals surface area contributed by atoms with Crippen LogP contribution in [0.2, 0.25) is 0 Å². The van der Waals surface area contributed by atoms with E-state index in [1.165, 1.54) is 17.5 Å². The van der Waals surface area contributed by atoms with Crippen LogP contribution >= 0.6 is 0 Å². The highest BCUT2D eigenvalue weighted by molar-refractivity contribution is 5.35. The lowest BCUT2D eigenvalue weighted by molar-refractivity contribution is 0.723. The van der Waals surface area contributed by atoms with Crippen LogP contribution in [0.4, 0.5) is 0 Å². The molecule has 1 aliphatic carbocycles. The zero-order valence-electron chi connectivity index (χ0n) is 9.00. The zero-order chi connectivity index (χ0) is 10.3. The van der Waals surface area contributed by atoms with E-state index in [1.807, 2.05) is 0 Å². The van der Waals surface area contributed by atoms with Crippen LogP contribution in [0.3, 0.4) is 0 Å². The fourth-order valence-corrected chi connectivity index (χ4v) is 2.46. The molecule has 0 bridgehead atoms. The van der Waals surface area contributed by atoms with Crippen molar-refractivity contribution in [3.63, 3.8) is 0 Å². The minimum Gasteiger partial charge on any atom is -0.321 e. The molecule has 2 fully saturated rings. The Labute approximate surface area is 90.9 Å². The first-order valence-electron chi connectivity index (χ1n) is 5.88. The highest BCUT2D eigenvalue weighted by atomic mass is 14.9. The van der Waals surface area contributed by atoms with Crippen LogP contribution in [-0.2, 0) is 5.54 Å². The van der Waals surface area contributed by atoms with Gasteiger partial charge in [-0.05, 0) is 42.9 Å². The Balaban J connectivity index is 1.89. The van der Waals surface area contributed by atoms with Gasteiger partial charge in [0, 0.05) is 12.1 Å². The zero-order valence-corrected chi connectivity index (χ0v) is 9.00. The summed E-state index contributed by atoms with van der Waals surface area (Å²) in [6.07, 6.45) is 3.57. The summed E-state index contributed by atoms with van der Waals surface area (Å²) in [5, 5.41) is 3.41. The van der Waals surface area contributed by atoms with E-state index >= 15 is 0 Å². The van der Waals surface area contributed by atoms with Gasteiger partial charge >= 0.3 is 0 Å². The largest absolute Gasteiger partial charge is 0.321 e. The molecule has 80 valence electrons. The van der Waals surface area contributed by atoms with E-state index in [-0.39, 0.29) is 5.54 Å². The first-order valence-corrected chi connectivity index (χ1v) is 5.88. The predicted molar refractivity (Wildman–Crippen MR) is 61.8 cm³/mol. The molecule has 1 saturated carbocycles. The Hall–Kier alpha value is -0.860. The van der Waals surface area contributed by atoms with Crippen LogP contribution in [0.1, 0.15) is 36.3 Å². The molecule has 1 saturated heterocycles. The first-order chi connectivity index (χ1) is 7.28. The van der Waals surface area contributed by atoms with Gasteiger partial charge in [-0.25, -0.2) is 0 Å². The fraction of sp³-hybridized carbons (Fsp3) is 0.538. The van der Waals surface area contributed by atoms with E-state index in [2.05, 4.69) is 29.6 Å². The van der Waals surface area contributed by atoms with Crippen LogP contribution in [0, 0.1) is 0 Å². The molecule has 2 nitrogen and oxygen atoms in total. The molecule has 1 aliphatic heterocycles. The Morgan fingerprint density at radius 3 is 2.87 bits per heavy atom. The second kappa shape index (κ2) is 3.32. The van der Waals surface area contributed by atoms with Gasteiger partial charge in [0.15, 0.2) is 0 Å². The molecule has 1 aromatic carbocycles. The summed E-state index contributed by atoms with van der Waals surface area (Å²) in [5.41, 5.74) is 9.04. The molecule has 0 amide bonds. The van der Waals surface area contributed by atoms with E-state index < -0.39 is 0 Å². The van der Waals surface area contributed by atoms with Crippen molar-refractivity contribution < 1.29 is 0 Å². The van der Waals surface area contributed by atoms with E-state index in [4.69, 9.17) is 5.73 Å². The van der Waals surface area contributed by atoms with Crippen LogP contribution in [0.15, 0.2) is 24.3 Å². The summed E-state index contributed by atoms with van der Waals surface area (Å²) in [6.45, 7) is 2.28. The minimum absolute atomic E-state index is 0.0159. The molecular formula is C13H18N2. The lowest BCUT2D eigenvalue weighted by atomic mass is 9.94. The normalized spacial score (nSPS) is 27.9. The highest BCUT2D eigenvalue weighted by Crippen LogP contribution is 2.43. The molecule has 15 heavy (non-hydrogen) atoms. The smallest absolute Gasteiger partial charge is 0.0411 e. The van der Waals surface area contributed by atoms with E-state index in [1.54, 1.807) is 0 Å². The summed E-state index contributed by atoms with van der Waals surface area (Å²) in [5.74, 6) is 0.701. The molecule has 0 spiro atoms.